The highest BCUT2D eigenvalue weighted by molar-refractivity contribution is 5.47. The zero-order chi connectivity index (χ0) is 13.4. The molecule has 0 radical (unpaired) electrons. The average molecular weight is 223 g/mol. The Balaban J connectivity index is 3.43. The minimum atomic E-state index is -0.818. The van der Waals surface area contributed by atoms with Crippen LogP contribution in [0.25, 0.3) is 0 Å². The van der Waals surface area contributed by atoms with Crippen molar-refractivity contribution in [3.63, 3.8) is 0 Å². The molecule has 0 heterocycles. The summed E-state index contributed by atoms with van der Waals surface area (Å²) in [5, 5.41) is 11.1. The van der Waals surface area contributed by atoms with Gasteiger partial charge in [-0.3, -0.25) is 10.1 Å². The van der Waals surface area contributed by atoms with Crippen molar-refractivity contribution in [2.24, 2.45) is 0 Å². The molecular weight excluding hydrogens is 202 g/mol. The van der Waals surface area contributed by atoms with Crippen molar-refractivity contribution in [3.05, 3.63) is 39.4 Å². The van der Waals surface area contributed by atoms with E-state index in [0.717, 1.165) is 0 Å². The Hall–Kier alpha value is -1.38. The quantitative estimate of drug-likeness (QED) is 0.561. The predicted molar refractivity (Wildman–Crippen MR) is 65.9 cm³/mol. The molecule has 0 aromatic heterocycles. The molecular formula is C13H19NO2. The largest absolute Gasteiger partial charge is 0.273 e. The van der Waals surface area contributed by atoms with E-state index in [4.69, 9.17) is 1.37 Å². The summed E-state index contributed by atoms with van der Waals surface area (Å²) in [4.78, 5) is 10.7. The number of hydrogen-bond donors (Lipinski definition) is 0. The summed E-state index contributed by atoms with van der Waals surface area (Å²) in [6.45, 7) is 9.29. The average Bonchev–Trinajstić information content (AvgIpc) is 2.14. The van der Waals surface area contributed by atoms with Gasteiger partial charge in [-0.2, -0.15) is 0 Å². The van der Waals surface area contributed by atoms with Crippen molar-refractivity contribution < 1.29 is 6.29 Å². The third-order valence-corrected chi connectivity index (χ3v) is 2.58. The molecule has 1 aromatic carbocycles. The lowest BCUT2D eigenvalue weighted by molar-refractivity contribution is -0.386. The van der Waals surface area contributed by atoms with Gasteiger partial charge >= 0.3 is 0 Å². The zero-order valence-corrected chi connectivity index (χ0v) is 10.5. The molecule has 0 aliphatic heterocycles. The van der Waals surface area contributed by atoms with Crippen LogP contribution in [0.1, 0.15) is 53.0 Å². The van der Waals surface area contributed by atoms with Gasteiger partial charge in [-0.05, 0) is 16.9 Å². The summed E-state index contributed by atoms with van der Waals surface area (Å²) < 4.78 is 7.91. The van der Waals surface area contributed by atoms with Gasteiger partial charge in [0.1, 0.15) is 0 Å². The normalized spacial score (nSPS) is 13.4. The first-order valence-electron chi connectivity index (χ1n) is 5.83. The minimum absolute atomic E-state index is 0.107. The highest BCUT2D eigenvalue weighted by Gasteiger charge is 2.25. The molecule has 0 bridgehead atoms. The lowest BCUT2D eigenvalue weighted by Crippen LogP contribution is -2.14. The van der Waals surface area contributed by atoms with E-state index in [9.17, 15) is 10.1 Å². The molecule has 0 spiro atoms. The van der Waals surface area contributed by atoms with E-state index in [1.807, 2.05) is 20.8 Å². The van der Waals surface area contributed by atoms with Gasteiger partial charge in [-0.25, -0.2) is 0 Å². The summed E-state index contributed by atoms with van der Waals surface area (Å²) in [7, 11) is 0. The van der Waals surface area contributed by atoms with E-state index >= 15 is 0 Å². The Morgan fingerprint density at radius 2 is 1.94 bits per heavy atom. The lowest BCUT2D eigenvalue weighted by atomic mass is 9.84. The van der Waals surface area contributed by atoms with Crippen molar-refractivity contribution in [1.82, 2.24) is 0 Å². The molecule has 0 saturated heterocycles. The Bertz CT molecular complexity index is 442. The van der Waals surface area contributed by atoms with Gasteiger partial charge in [0.25, 0.3) is 5.69 Å². The fourth-order valence-corrected chi connectivity index (χ4v) is 1.63. The van der Waals surface area contributed by atoms with E-state index in [0.29, 0.717) is 11.1 Å². The van der Waals surface area contributed by atoms with Crippen LogP contribution in [0.15, 0.2) is 18.2 Å². The minimum Gasteiger partial charge on any atom is -0.258 e. The SMILES string of the molecule is [3H]C(C)(C)c1ccc(C(C)(C)C)c([N+](=O)[O-])c1. The number of benzene rings is 1. The fourth-order valence-electron chi connectivity index (χ4n) is 1.63. The van der Waals surface area contributed by atoms with E-state index in [-0.39, 0.29) is 16.0 Å². The summed E-state index contributed by atoms with van der Waals surface area (Å²) in [6, 6.07) is 5.10. The topological polar surface area (TPSA) is 43.1 Å². The van der Waals surface area contributed by atoms with Crippen molar-refractivity contribution in [2.75, 3.05) is 0 Å². The molecule has 3 heteroatoms. The maximum atomic E-state index is 11.1. The van der Waals surface area contributed by atoms with E-state index in [1.54, 1.807) is 26.0 Å². The molecule has 0 saturated carbocycles. The molecule has 0 aliphatic rings. The van der Waals surface area contributed by atoms with E-state index < -0.39 is 5.89 Å². The standard InChI is InChI=1S/C13H19NO2/c1-9(2)10-6-7-11(13(3,4)5)12(8-10)14(15)16/h6-9H,1-5H3/i9T. The molecule has 1 aromatic rings. The molecule has 16 heavy (non-hydrogen) atoms. The Morgan fingerprint density at radius 1 is 1.38 bits per heavy atom. The maximum Gasteiger partial charge on any atom is 0.273 e. The van der Waals surface area contributed by atoms with Crippen molar-refractivity contribution in [3.8, 4) is 0 Å². The monoisotopic (exact) mass is 223 g/mol. The second kappa shape index (κ2) is 4.24. The third kappa shape index (κ3) is 2.60. The van der Waals surface area contributed by atoms with Gasteiger partial charge in [0.2, 0.25) is 0 Å². The van der Waals surface area contributed by atoms with E-state index in [1.165, 1.54) is 6.07 Å². The second-order valence-electron chi connectivity index (χ2n) is 5.24. The molecule has 0 N–H and O–H groups in total. The number of rotatable bonds is 2. The molecule has 0 amide bonds. The fraction of sp³-hybridized carbons (Fsp3) is 0.538. The van der Waals surface area contributed by atoms with Gasteiger partial charge in [-0.15, -0.1) is 0 Å². The van der Waals surface area contributed by atoms with Gasteiger partial charge in [-0.1, -0.05) is 46.8 Å². The Kier molecular flexibility index (Phi) is 2.95. The van der Waals surface area contributed by atoms with E-state index in [2.05, 4.69) is 0 Å². The molecule has 0 atom stereocenters. The van der Waals surface area contributed by atoms with Crippen LogP contribution in [0.3, 0.4) is 0 Å². The first-order chi connectivity index (χ1) is 7.53. The number of nitrogens with zero attached hydrogens (tertiary/aromatic N) is 1. The second-order valence-corrected chi connectivity index (χ2v) is 5.24. The van der Waals surface area contributed by atoms with Crippen molar-refractivity contribution in [1.29, 1.82) is 0 Å². The van der Waals surface area contributed by atoms with Crippen LogP contribution >= 0.6 is 0 Å². The number of nitro groups is 1. The smallest absolute Gasteiger partial charge is 0.258 e. The molecule has 88 valence electrons. The zero-order valence-electron chi connectivity index (χ0n) is 11.5. The van der Waals surface area contributed by atoms with Gasteiger partial charge in [0.05, 0.1) is 4.92 Å². The van der Waals surface area contributed by atoms with Crippen LogP contribution in [0.2, 0.25) is 0 Å². The number of hydrogen-bond acceptors (Lipinski definition) is 2. The highest BCUT2D eigenvalue weighted by Crippen LogP contribution is 2.33. The van der Waals surface area contributed by atoms with Gasteiger partial charge < -0.3 is 0 Å². The molecule has 0 aliphatic carbocycles. The summed E-state index contributed by atoms with van der Waals surface area (Å²) >= 11 is 0. The molecule has 0 unspecified atom stereocenters. The molecule has 0 fully saturated rings. The van der Waals surface area contributed by atoms with Crippen LogP contribution in [0.4, 0.5) is 5.69 Å². The Morgan fingerprint density at radius 3 is 2.31 bits per heavy atom. The molecule has 3 nitrogen and oxygen atoms in total. The predicted octanol–water partition coefficient (Wildman–Crippen LogP) is 4.02. The lowest BCUT2D eigenvalue weighted by Gasteiger charge is -2.19. The number of nitro benzene ring substituents is 1. The Labute approximate surface area is 98.0 Å². The van der Waals surface area contributed by atoms with Crippen LogP contribution in [-0.4, -0.2) is 4.92 Å². The van der Waals surface area contributed by atoms with Gasteiger partial charge in [0.15, 0.2) is 0 Å². The maximum absolute atomic E-state index is 11.1. The summed E-state index contributed by atoms with van der Waals surface area (Å²) in [5.74, 6) is -0.818. The van der Waals surface area contributed by atoms with Crippen LogP contribution < -0.4 is 0 Å². The van der Waals surface area contributed by atoms with Crippen molar-refractivity contribution in [2.45, 2.75) is 45.9 Å². The highest BCUT2D eigenvalue weighted by atomic mass is 16.6. The first-order valence-corrected chi connectivity index (χ1v) is 5.33. The van der Waals surface area contributed by atoms with Gasteiger partial charge in [0, 0.05) is 13.0 Å². The van der Waals surface area contributed by atoms with Crippen LogP contribution in [0.5, 0.6) is 0 Å². The molecule has 1 rings (SSSR count). The first kappa shape index (κ1) is 11.1. The third-order valence-electron chi connectivity index (χ3n) is 2.58. The summed E-state index contributed by atoms with van der Waals surface area (Å²) in [6.07, 6.45) is 0. The summed E-state index contributed by atoms with van der Waals surface area (Å²) in [5.41, 5.74) is 1.20. The van der Waals surface area contributed by atoms with Crippen LogP contribution in [-0.2, 0) is 5.41 Å². The van der Waals surface area contributed by atoms with Crippen molar-refractivity contribution >= 4 is 5.69 Å². The van der Waals surface area contributed by atoms with Crippen LogP contribution in [0, 0.1) is 10.1 Å².